The maximum atomic E-state index is 13.7. The Bertz CT molecular complexity index is 620. The minimum absolute atomic E-state index is 0.00130. The van der Waals surface area contributed by atoms with Crippen LogP contribution in [0.25, 0.3) is 11.3 Å². The second-order valence-corrected chi connectivity index (χ2v) is 5.88. The van der Waals surface area contributed by atoms with Crippen molar-refractivity contribution in [2.24, 2.45) is 0 Å². The first-order valence-corrected chi connectivity index (χ1v) is 6.49. The number of nitrogens with one attached hydrogen (secondary N) is 1. The molecule has 20 heavy (non-hydrogen) atoms. The van der Waals surface area contributed by atoms with Crippen molar-refractivity contribution in [1.82, 2.24) is 10.3 Å². The van der Waals surface area contributed by atoms with Crippen LogP contribution in [0.2, 0.25) is 5.02 Å². The molecule has 0 saturated heterocycles. The van der Waals surface area contributed by atoms with E-state index in [1.807, 2.05) is 20.8 Å². The van der Waals surface area contributed by atoms with Crippen LogP contribution in [-0.2, 0) is 6.54 Å². The molecule has 0 radical (unpaired) electrons. The van der Waals surface area contributed by atoms with E-state index in [9.17, 15) is 8.78 Å². The summed E-state index contributed by atoms with van der Waals surface area (Å²) in [7, 11) is 0. The highest BCUT2D eigenvalue weighted by Gasteiger charge is 2.16. The number of halogens is 3. The average molecular weight is 301 g/mol. The number of benzene rings is 1. The molecule has 108 valence electrons. The minimum Gasteiger partial charge on any atom is -0.439 e. The molecule has 1 N–H and O–H groups in total. The van der Waals surface area contributed by atoms with Crippen molar-refractivity contribution in [3.8, 4) is 11.3 Å². The molecular weight excluding hydrogens is 286 g/mol. The van der Waals surface area contributed by atoms with E-state index in [1.165, 1.54) is 6.20 Å². The first-order chi connectivity index (χ1) is 9.26. The standard InChI is InChI=1S/C14H15ClF2N2O/c1-14(2,3)19-7-13-18-6-12(20-13)8-4-11(17)9(15)5-10(8)16/h4-6,19H,7H2,1-3H3. The third-order valence-electron chi connectivity index (χ3n) is 2.60. The number of hydrogen-bond donors (Lipinski definition) is 1. The van der Waals surface area contributed by atoms with E-state index in [0.717, 1.165) is 12.1 Å². The monoisotopic (exact) mass is 300 g/mol. The molecule has 0 aliphatic heterocycles. The van der Waals surface area contributed by atoms with Crippen molar-refractivity contribution in [1.29, 1.82) is 0 Å². The van der Waals surface area contributed by atoms with Crippen molar-refractivity contribution >= 4 is 11.6 Å². The summed E-state index contributed by atoms with van der Waals surface area (Å²) >= 11 is 5.51. The summed E-state index contributed by atoms with van der Waals surface area (Å²) in [4.78, 5) is 4.04. The van der Waals surface area contributed by atoms with Crippen LogP contribution in [0.4, 0.5) is 8.78 Å². The molecular formula is C14H15ClF2N2O. The maximum Gasteiger partial charge on any atom is 0.208 e. The number of rotatable bonds is 3. The number of hydrogen-bond acceptors (Lipinski definition) is 3. The van der Waals surface area contributed by atoms with Gasteiger partial charge in [0.1, 0.15) is 11.6 Å². The minimum atomic E-state index is -0.700. The molecule has 0 aliphatic rings. The number of aromatic nitrogens is 1. The van der Waals surface area contributed by atoms with E-state index in [-0.39, 0.29) is 21.9 Å². The van der Waals surface area contributed by atoms with Gasteiger partial charge < -0.3 is 9.73 Å². The van der Waals surface area contributed by atoms with Crippen molar-refractivity contribution in [2.45, 2.75) is 32.9 Å². The first-order valence-electron chi connectivity index (χ1n) is 6.11. The highest BCUT2D eigenvalue weighted by molar-refractivity contribution is 6.30. The van der Waals surface area contributed by atoms with E-state index in [0.29, 0.717) is 12.4 Å². The average Bonchev–Trinajstić information content (AvgIpc) is 2.79. The summed E-state index contributed by atoms with van der Waals surface area (Å²) in [5, 5.41) is 2.93. The van der Waals surface area contributed by atoms with Crippen molar-refractivity contribution in [3.63, 3.8) is 0 Å². The Kier molecular flexibility index (Phi) is 4.11. The van der Waals surface area contributed by atoms with E-state index < -0.39 is 11.6 Å². The van der Waals surface area contributed by atoms with Crippen molar-refractivity contribution in [2.75, 3.05) is 0 Å². The summed E-state index contributed by atoms with van der Waals surface area (Å²) in [6, 6.07) is 1.92. The van der Waals surface area contributed by atoms with Gasteiger partial charge in [0, 0.05) is 5.54 Å². The van der Waals surface area contributed by atoms with Crippen LogP contribution in [0.5, 0.6) is 0 Å². The largest absolute Gasteiger partial charge is 0.439 e. The van der Waals surface area contributed by atoms with E-state index in [1.54, 1.807) is 0 Å². The second-order valence-electron chi connectivity index (χ2n) is 5.47. The number of nitrogens with zero attached hydrogens (tertiary/aromatic N) is 1. The molecule has 1 aromatic carbocycles. The van der Waals surface area contributed by atoms with Gasteiger partial charge in [-0.25, -0.2) is 13.8 Å². The molecule has 0 unspecified atom stereocenters. The highest BCUT2D eigenvalue weighted by Crippen LogP contribution is 2.28. The molecule has 3 nitrogen and oxygen atoms in total. The van der Waals surface area contributed by atoms with Crippen LogP contribution in [0.3, 0.4) is 0 Å². The van der Waals surface area contributed by atoms with Gasteiger partial charge in [-0.3, -0.25) is 0 Å². The molecule has 6 heteroatoms. The Morgan fingerprint density at radius 1 is 1.25 bits per heavy atom. The SMILES string of the molecule is CC(C)(C)NCc1ncc(-c2cc(F)c(Cl)cc2F)o1. The van der Waals surface area contributed by atoms with Gasteiger partial charge in [0.2, 0.25) is 5.89 Å². The van der Waals surface area contributed by atoms with Crippen LogP contribution in [0, 0.1) is 11.6 Å². The topological polar surface area (TPSA) is 38.1 Å². The van der Waals surface area contributed by atoms with Crippen LogP contribution >= 0.6 is 11.6 Å². The zero-order valence-corrected chi connectivity index (χ0v) is 12.2. The van der Waals surface area contributed by atoms with Gasteiger partial charge in [-0.05, 0) is 32.9 Å². The molecule has 0 fully saturated rings. The summed E-state index contributed by atoms with van der Waals surface area (Å²) in [6.45, 7) is 6.42. The molecule has 1 heterocycles. The maximum absolute atomic E-state index is 13.7. The Hall–Kier alpha value is -1.46. The molecule has 0 atom stereocenters. The highest BCUT2D eigenvalue weighted by atomic mass is 35.5. The predicted molar refractivity (Wildman–Crippen MR) is 73.5 cm³/mol. The molecule has 0 saturated carbocycles. The van der Waals surface area contributed by atoms with Gasteiger partial charge in [-0.15, -0.1) is 0 Å². The normalized spacial score (nSPS) is 11.9. The van der Waals surface area contributed by atoms with Gasteiger partial charge >= 0.3 is 0 Å². The lowest BCUT2D eigenvalue weighted by Gasteiger charge is -2.18. The van der Waals surface area contributed by atoms with E-state index >= 15 is 0 Å². The van der Waals surface area contributed by atoms with Gasteiger partial charge in [0.25, 0.3) is 0 Å². The van der Waals surface area contributed by atoms with Gasteiger partial charge in [0.05, 0.1) is 23.3 Å². The first kappa shape index (κ1) is 14.9. The third-order valence-corrected chi connectivity index (χ3v) is 2.89. The lowest BCUT2D eigenvalue weighted by atomic mass is 10.1. The zero-order chi connectivity index (χ0) is 14.9. The zero-order valence-electron chi connectivity index (χ0n) is 11.4. The van der Waals surface area contributed by atoms with Crippen LogP contribution in [0.1, 0.15) is 26.7 Å². The smallest absolute Gasteiger partial charge is 0.208 e. The fraction of sp³-hybridized carbons (Fsp3) is 0.357. The lowest BCUT2D eigenvalue weighted by molar-refractivity contribution is 0.383. The molecule has 2 aromatic rings. The molecule has 2 rings (SSSR count). The van der Waals surface area contributed by atoms with Crippen molar-refractivity contribution in [3.05, 3.63) is 40.9 Å². The van der Waals surface area contributed by atoms with Crippen molar-refractivity contribution < 1.29 is 13.2 Å². The van der Waals surface area contributed by atoms with Crippen LogP contribution < -0.4 is 5.32 Å². The Labute approximate surface area is 121 Å². The molecule has 0 spiro atoms. The molecule has 0 bridgehead atoms. The Morgan fingerprint density at radius 3 is 2.60 bits per heavy atom. The quantitative estimate of drug-likeness (QED) is 0.865. The number of oxazole rings is 1. The van der Waals surface area contributed by atoms with Crippen LogP contribution in [0.15, 0.2) is 22.7 Å². The summed E-state index contributed by atoms with van der Waals surface area (Å²) in [5.41, 5.74) is -0.0897. The summed E-state index contributed by atoms with van der Waals surface area (Å²) in [6.07, 6.45) is 1.37. The van der Waals surface area contributed by atoms with Gasteiger partial charge in [-0.1, -0.05) is 11.6 Å². The summed E-state index contributed by atoms with van der Waals surface area (Å²) < 4.78 is 32.5. The van der Waals surface area contributed by atoms with Crippen LogP contribution in [-0.4, -0.2) is 10.5 Å². The van der Waals surface area contributed by atoms with E-state index in [4.69, 9.17) is 16.0 Å². The fourth-order valence-corrected chi connectivity index (χ4v) is 1.72. The fourth-order valence-electron chi connectivity index (χ4n) is 1.57. The lowest BCUT2D eigenvalue weighted by Crippen LogP contribution is -2.35. The predicted octanol–water partition coefficient (Wildman–Crippen LogP) is 4.16. The van der Waals surface area contributed by atoms with E-state index in [2.05, 4.69) is 10.3 Å². The van der Waals surface area contributed by atoms with Gasteiger partial charge in [0.15, 0.2) is 5.76 Å². The molecule has 1 aromatic heterocycles. The summed E-state index contributed by atoms with van der Waals surface area (Å²) in [5.74, 6) is -0.773. The second kappa shape index (κ2) is 5.50. The molecule has 0 aliphatic carbocycles. The molecule has 0 amide bonds. The third kappa shape index (κ3) is 3.55. The van der Waals surface area contributed by atoms with Gasteiger partial charge in [-0.2, -0.15) is 0 Å². The Balaban J connectivity index is 2.23. The Morgan fingerprint density at radius 2 is 1.95 bits per heavy atom.